The van der Waals surface area contributed by atoms with Gasteiger partial charge in [-0.25, -0.2) is 0 Å². The average Bonchev–Trinajstić information content (AvgIpc) is 2.11. The Kier molecular flexibility index (Phi) is 3.76. The number of ether oxygens (including phenoxy) is 1. The molecule has 0 radical (unpaired) electrons. The highest BCUT2D eigenvalue weighted by molar-refractivity contribution is 5.69. The predicted octanol–water partition coefficient (Wildman–Crippen LogP) is 2.62. The van der Waals surface area contributed by atoms with Crippen LogP contribution in [0.1, 0.15) is 39.5 Å². The maximum Gasteiger partial charge on any atom is 0.305 e. The molecule has 1 aliphatic carbocycles. The average molecular weight is 184 g/mol. The molecule has 0 bridgehead atoms. The van der Waals surface area contributed by atoms with Gasteiger partial charge in [-0.15, -0.1) is 0 Å². The minimum absolute atomic E-state index is 0.0493. The van der Waals surface area contributed by atoms with Crippen LogP contribution in [0.5, 0.6) is 0 Å². The van der Waals surface area contributed by atoms with Crippen molar-refractivity contribution in [2.45, 2.75) is 39.5 Å². The second-order valence-electron chi connectivity index (χ2n) is 4.41. The first-order valence-electron chi connectivity index (χ1n) is 5.20. The van der Waals surface area contributed by atoms with Gasteiger partial charge in [-0.05, 0) is 30.6 Å². The van der Waals surface area contributed by atoms with Gasteiger partial charge in [-0.2, -0.15) is 0 Å². The Morgan fingerprint density at radius 3 is 2.54 bits per heavy atom. The summed E-state index contributed by atoms with van der Waals surface area (Å²) in [5, 5.41) is 0. The molecule has 0 heterocycles. The lowest BCUT2D eigenvalue weighted by atomic mass is 9.75. The van der Waals surface area contributed by atoms with E-state index in [1.165, 1.54) is 26.4 Å². The van der Waals surface area contributed by atoms with E-state index in [9.17, 15) is 4.79 Å². The van der Waals surface area contributed by atoms with Gasteiger partial charge in [0, 0.05) is 6.42 Å². The lowest BCUT2D eigenvalue weighted by Crippen LogP contribution is -2.22. The first kappa shape index (κ1) is 10.6. The third-order valence-electron chi connectivity index (χ3n) is 3.39. The van der Waals surface area contributed by atoms with E-state index >= 15 is 0 Å². The second kappa shape index (κ2) is 4.64. The smallest absolute Gasteiger partial charge is 0.305 e. The van der Waals surface area contributed by atoms with Crippen LogP contribution < -0.4 is 0 Å². The highest BCUT2D eigenvalue weighted by atomic mass is 16.5. The number of methoxy groups -OCH3 is 1. The molecule has 1 rings (SSSR count). The Morgan fingerprint density at radius 2 is 2.00 bits per heavy atom. The highest BCUT2D eigenvalue weighted by Crippen LogP contribution is 2.34. The number of esters is 1. The van der Waals surface area contributed by atoms with Crippen LogP contribution in [-0.2, 0) is 9.53 Å². The topological polar surface area (TPSA) is 26.3 Å². The van der Waals surface area contributed by atoms with Crippen molar-refractivity contribution in [3.8, 4) is 0 Å². The predicted molar refractivity (Wildman–Crippen MR) is 52.3 cm³/mol. The van der Waals surface area contributed by atoms with Gasteiger partial charge in [0.05, 0.1) is 7.11 Å². The number of hydrogen-bond acceptors (Lipinski definition) is 2. The molecule has 0 amide bonds. The molecule has 1 aliphatic rings. The zero-order chi connectivity index (χ0) is 9.84. The molecule has 1 fully saturated rings. The molecule has 2 heteroatoms. The van der Waals surface area contributed by atoms with Crippen LogP contribution in [0.4, 0.5) is 0 Å². The van der Waals surface area contributed by atoms with Gasteiger partial charge < -0.3 is 4.74 Å². The van der Waals surface area contributed by atoms with Gasteiger partial charge in [0.15, 0.2) is 0 Å². The summed E-state index contributed by atoms with van der Waals surface area (Å²) in [7, 11) is 1.47. The van der Waals surface area contributed by atoms with E-state index in [4.69, 9.17) is 0 Å². The summed E-state index contributed by atoms with van der Waals surface area (Å²) in [5.74, 6) is 2.11. The monoisotopic (exact) mass is 184 g/mol. The molecule has 0 saturated heterocycles. The van der Waals surface area contributed by atoms with Crippen molar-refractivity contribution in [2.75, 3.05) is 7.11 Å². The number of carbonyl (C=O) groups is 1. The molecule has 2 nitrogen and oxygen atoms in total. The van der Waals surface area contributed by atoms with Crippen LogP contribution in [0.25, 0.3) is 0 Å². The van der Waals surface area contributed by atoms with Crippen molar-refractivity contribution in [1.82, 2.24) is 0 Å². The lowest BCUT2D eigenvalue weighted by molar-refractivity contribution is -0.142. The Balaban J connectivity index is 2.33. The Bertz CT molecular complexity index is 177. The molecule has 0 aromatic heterocycles. The first-order chi connectivity index (χ1) is 6.13. The second-order valence-corrected chi connectivity index (χ2v) is 4.41. The number of carbonyl (C=O) groups excluding carboxylic acids is 1. The molecule has 0 aromatic rings. The molecule has 0 aromatic carbocycles. The number of rotatable bonds is 2. The Morgan fingerprint density at radius 1 is 1.31 bits per heavy atom. The summed E-state index contributed by atoms with van der Waals surface area (Å²) in [5.41, 5.74) is 0. The van der Waals surface area contributed by atoms with E-state index < -0.39 is 0 Å². The van der Waals surface area contributed by atoms with Crippen LogP contribution in [0.2, 0.25) is 0 Å². The fraction of sp³-hybridized carbons (Fsp3) is 0.909. The normalized spacial score (nSPS) is 34.2. The third kappa shape index (κ3) is 3.02. The van der Waals surface area contributed by atoms with Crippen molar-refractivity contribution in [1.29, 1.82) is 0 Å². The van der Waals surface area contributed by atoms with E-state index in [1.807, 2.05) is 0 Å². The van der Waals surface area contributed by atoms with Gasteiger partial charge in [0.2, 0.25) is 0 Å². The van der Waals surface area contributed by atoms with Crippen molar-refractivity contribution in [2.24, 2.45) is 17.8 Å². The van der Waals surface area contributed by atoms with E-state index in [0.29, 0.717) is 12.3 Å². The zero-order valence-electron chi connectivity index (χ0n) is 8.88. The SMILES string of the molecule is COC(=O)CC1CC[C@H](C)[C@H](C)C1. The lowest BCUT2D eigenvalue weighted by Gasteiger charge is -2.31. The summed E-state index contributed by atoms with van der Waals surface area (Å²) in [6.45, 7) is 4.59. The summed E-state index contributed by atoms with van der Waals surface area (Å²) in [6.07, 6.45) is 4.27. The largest absolute Gasteiger partial charge is 0.469 e. The molecule has 0 aliphatic heterocycles. The van der Waals surface area contributed by atoms with E-state index in [0.717, 1.165) is 11.8 Å². The molecule has 1 saturated carbocycles. The van der Waals surface area contributed by atoms with Crippen LogP contribution in [0, 0.1) is 17.8 Å². The van der Waals surface area contributed by atoms with Gasteiger partial charge >= 0.3 is 5.97 Å². The quantitative estimate of drug-likeness (QED) is 0.617. The van der Waals surface area contributed by atoms with Crippen molar-refractivity contribution in [3.63, 3.8) is 0 Å². The molecular weight excluding hydrogens is 164 g/mol. The van der Waals surface area contributed by atoms with Crippen LogP contribution in [0.15, 0.2) is 0 Å². The maximum atomic E-state index is 11.0. The molecule has 3 atom stereocenters. The molecular formula is C11H20O2. The number of hydrogen-bond donors (Lipinski definition) is 0. The minimum Gasteiger partial charge on any atom is -0.469 e. The van der Waals surface area contributed by atoms with Crippen LogP contribution in [-0.4, -0.2) is 13.1 Å². The van der Waals surface area contributed by atoms with E-state index in [1.54, 1.807) is 0 Å². The van der Waals surface area contributed by atoms with Crippen molar-refractivity contribution in [3.05, 3.63) is 0 Å². The highest BCUT2D eigenvalue weighted by Gasteiger charge is 2.26. The molecule has 13 heavy (non-hydrogen) atoms. The van der Waals surface area contributed by atoms with Crippen LogP contribution in [0.3, 0.4) is 0 Å². The van der Waals surface area contributed by atoms with E-state index in [-0.39, 0.29) is 5.97 Å². The molecule has 0 N–H and O–H groups in total. The fourth-order valence-electron chi connectivity index (χ4n) is 2.16. The molecule has 76 valence electrons. The molecule has 0 spiro atoms. The summed E-state index contributed by atoms with van der Waals surface area (Å²) in [6, 6.07) is 0. The van der Waals surface area contributed by atoms with E-state index in [2.05, 4.69) is 18.6 Å². The third-order valence-corrected chi connectivity index (χ3v) is 3.39. The maximum absolute atomic E-state index is 11.0. The standard InChI is InChI=1S/C11H20O2/c1-8-4-5-10(6-9(8)2)7-11(12)13-3/h8-10H,4-7H2,1-3H3/t8-,9+,10?/m0/s1. The van der Waals surface area contributed by atoms with Gasteiger partial charge in [-0.1, -0.05) is 20.3 Å². The van der Waals surface area contributed by atoms with Crippen molar-refractivity contribution < 1.29 is 9.53 Å². The Labute approximate surface area is 80.7 Å². The van der Waals surface area contributed by atoms with Crippen molar-refractivity contribution >= 4 is 5.97 Å². The minimum atomic E-state index is -0.0493. The summed E-state index contributed by atoms with van der Waals surface area (Å²) in [4.78, 5) is 11.0. The first-order valence-corrected chi connectivity index (χ1v) is 5.20. The van der Waals surface area contributed by atoms with Gasteiger partial charge in [0.25, 0.3) is 0 Å². The summed E-state index contributed by atoms with van der Waals surface area (Å²) < 4.78 is 4.68. The fourth-order valence-corrected chi connectivity index (χ4v) is 2.16. The summed E-state index contributed by atoms with van der Waals surface area (Å²) >= 11 is 0. The Hall–Kier alpha value is -0.530. The van der Waals surface area contributed by atoms with Crippen LogP contribution >= 0.6 is 0 Å². The van der Waals surface area contributed by atoms with Gasteiger partial charge in [-0.3, -0.25) is 4.79 Å². The molecule has 1 unspecified atom stereocenters. The zero-order valence-corrected chi connectivity index (χ0v) is 8.88. The van der Waals surface area contributed by atoms with Gasteiger partial charge in [0.1, 0.15) is 0 Å².